The number of thiophene rings is 1. The van der Waals surface area contributed by atoms with E-state index in [4.69, 9.17) is 0 Å². The summed E-state index contributed by atoms with van der Waals surface area (Å²) in [6.07, 6.45) is 0. The van der Waals surface area contributed by atoms with Crippen molar-refractivity contribution < 1.29 is 4.79 Å². The average molecular weight is 314 g/mol. The Morgan fingerprint density at radius 3 is 2.76 bits per heavy atom. The van der Waals surface area contributed by atoms with Crippen molar-refractivity contribution in [1.29, 1.82) is 0 Å². The molecular weight excluding hydrogens is 300 g/mol. The van der Waals surface area contributed by atoms with Gasteiger partial charge in [0.2, 0.25) is 0 Å². The molecule has 106 valence electrons. The van der Waals surface area contributed by atoms with E-state index in [1.54, 1.807) is 16.7 Å². The Labute approximate surface area is 131 Å². The molecule has 0 bridgehead atoms. The van der Waals surface area contributed by atoms with Crippen LogP contribution in [0.25, 0.3) is 9.88 Å². The Morgan fingerprint density at radius 1 is 1.19 bits per heavy atom. The fourth-order valence-corrected chi connectivity index (χ4v) is 3.65. The molecule has 0 aliphatic carbocycles. The van der Waals surface area contributed by atoms with Crippen LogP contribution < -0.4 is 5.32 Å². The van der Waals surface area contributed by atoms with Gasteiger partial charge >= 0.3 is 0 Å². The van der Waals surface area contributed by atoms with Crippen molar-refractivity contribution in [2.45, 2.75) is 13.8 Å². The maximum Gasteiger partial charge on any atom is 0.275 e. The van der Waals surface area contributed by atoms with Gasteiger partial charge in [-0.1, -0.05) is 23.8 Å². The van der Waals surface area contributed by atoms with Crippen LogP contribution in [-0.4, -0.2) is 10.9 Å². The highest BCUT2D eigenvalue weighted by atomic mass is 32.1. The minimum atomic E-state index is -0.166. The molecule has 1 aromatic carbocycles. The van der Waals surface area contributed by atoms with Gasteiger partial charge in [0.25, 0.3) is 5.91 Å². The van der Waals surface area contributed by atoms with Gasteiger partial charge in [-0.2, -0.15) is 0 Å². The molecule has 3 aromatic rings. The third-order valence-corrected chi connectivity index (χ3v) is 4.98. The zero-order valence-electron chi connectivity index (χ0n) is 11.7. The summed E-state index contributed by atoms with van der Waals surface area (Å²) in [5, 5.41) is 7.61. The van der Waals surface area contributed by atoms with Crippen LogP contribution in [0.3, 0.4) is 0 Å². The lowest BCUT2D eigenvalue weighted by molar-refractivity contribution is 0.102. The summed E-state index contributed by atoms with van der Waals surface area (Å²) in [6, 6.07) is 9.95. The third-order valence-electron chi connectivity index (χ3n) is 3.10. The fourth-order valence-electron chi connectivity index (χ4n) is 2.03. The second kappa shape index (κ2) is 5.79. The van der Waals surface area contributed by atoms with Crippen LogP contribution in [-0.2, 0) is 0 Å². The smallest absolute Gasteiger partial charge is 0.275 e. The summed E-state index contributed by atoms with van der Waals surface area (Å²) in [7, 11) is 0. The van der Waals surface area contributed by atoms with Crippen molar-refractivity contribution >= 4 is 34.3 Å². The van der Waals surface area contributed by atoms with Gasteiger partial charge in [-0.25, -0.2) is 4.98 Å². The summed E-state index contributed by atoms with van der Waals surface area (Å²) in [6.45, 7) is 4.02. The summed E-state index contributed by atoms with van der Waals surface area (Å²) >= 11 is 3.12. The Bertz CT molecular complexity index is 775. The normalized spacial score (nSPS) is 10.6. The number of carbonyl (C=O) groups excluding carboxylic acids is 1. The number of hydrogen-bond donors (Lipinski definition) is 1. The van der Waals surface area contributed by atoms with E-state index in [9.17, 15) is 4.79 Å². The van der Waals surface area contributed by atoms with Crippen molar-refractivity contribution in [1.82, 2.24) is 4.98 Å². The zero-order chi connectivity index (χ0) is 14.8. The highest BCUT2D eigenvalue weighted by molar-refractivity contribution is 7.20. The predicted molar refractivity (Wildman–Crippen MR) is 89.3 cm³/mol. The molecule has 0 radical (unpaired) electrons. The molecule has 0 atom stereocenters. The SMILES string of the molecule is Cc1ccc(NC(=O)c2csc(-c3cccs3)n2)c(C)c1. The monoisotopic (exact) mass is 314 g/mol. The van der Waals surface area contributed by atoms with E-state index in [2.05, 4.69) is 10.3 Å². The van der Waals surface area contributed by atoms with Crippen molar-refractivity contribution in [3.63, 3.8) is 0 Å². The van der Waals surface area contributed by atoms with Gasteiger partial charge in [-0.3, -0.25) is 4.79 Å². The highest BCUT2D eigenvalue weighted by Crippen LogP contribution is 2.28. The molecule has 0 saturated heterocycles. The van der Waals surface area contributed by atoms with Gasteiger partial charge < -0.3 is 5.32 Å². The lowest BCUT2D eigenvalue weighted by Gasteiger charge is -2.07. The number of aryl methyl sites for hydroxylation is 2. The Morgan fingerprint density at radius 2 is 2.05 bits per heavy atom. The van der Waals surface area contributed by atoms with Gasteiger partial charge in [-0.15, -0.1) is 22.7 Å². The number of thiazole rings is 1. The number of benzene rings is 1. The maximum absolute atomic E-state index is 12.3. The van der Waals surface area contributed by atoms with E-state index in [0.29, 0.717) is 5.69 Å². The molecule has 21 heavy (non-hydrogen) atoms. The average Bonchev–Trinajstić information content (AvgIpc) is 3.10. The van der Waals surface area contributed by atoms with E-state index >= 15 is 0 Å². The molecular formula is C16H14N2OS2. The summed E-state index contributed by atoms with van der Waals surface area (Å²) in [5.41, 5.74) is 3.52. The van der Waals surface area contributed by atoms with Crippen molar-refractivity contribution in [3.05, 3.63) is 57.9 Å². The van der Waals surface area contributed by atoms with E-state index in [0.717, 1.165) is 21.1 Å². The van der Waals surface area contributed by atoms with Crippen LogP contribution in [0.2, 0.25) is 0 Å². The van der Waals surface area contributed by atoms with Crippen LogP contribution >= 0.6 is 22.7 Å². The second-order valence-corrected chi connectivity index (χ2v) is 6.59. The first-order valence-electron chi connectivity index (χ1n) is 6.51. The highest BCUT2D eigenvalue weighted by Gasteiger charge is 2.13. The Kier molecular flexibility index (Phi) is 3.86. The van der Waals surface area contributed by atoms with Crippen molar-refractivity contribution in [3.8, 4) is 9.88 Å². The Hall–Kier alpha value is -1.98. The number of rotatable bonds is 3. The molecule has 0 unspecified atom stereocenters. The first-order valence-corrected chi connectivity index (χ1v) is 8.27. The van der Waals surface area contributed by atoms with Gasteiger partial charge in [0.05, 0.1) is 4.88 Å². The number of carbonyl (C=O) groups is 1. The largest absolute Gasteiger partial charge is 0.320 e. The first-order chi connectivity index (χ1) is 10.1. The molecule has 0 aliphatic rings. The summed E-state index contributed by atoms with van der Waals surface area (Å²) in [5.74, 6) is -0.166. The number of aromatic nitrogens is 1. The molecule has 1 amide bonds. The standard InChI is InChI=1S/C16H14N2OS2/c1-10-5-6-12(11(2)8-10)17-15(19)13-9-21-16(18-13)14-4-3-7-20-14/h3-9H,1-2H3,(H,17,19). The number of anilines is 1. The second-order valence-electron chi connectivity index (χ2n) is 4.79. The molecule has 0 spiro atoms. The molecule has 1 N–H and O–H groups in total. The first kappa shape index (κ1) is 14.0. The van der Waals surface area contributed by atoms with Crippen LogP contribution in [0.4, 0.5) is 5.69 Å². The molecule has 3 nitrogen and oxygen atoms in total. The fraction of sp³-hybridized carbons (Fsp3) is 0.125. The zero-order valence-corrected chi connectivity index (χ0v) is 13.3. The quantitative estimate of drug-likeness (QED) is 0.758. The van der Waals surface area contributed by atoms with Crippen LogP contribution in [0, 0.1) is 13.8 Å². The molecule has 3 rings (SSSR count). The lowest BCUT2D eigenvalue weighted by Crippen LogP contribution is -2.13. The van der Waals surface area contributed by atoms with Gasteiger partial charge in [-0.05, 0) is 36.9 Å². The lowest BCUT2D eigenvalue weighted by atomic mass is 10.1. The molecule has 2 heterocycles. The predicted octanol–water partition coefficient (Wildman–Crippen LogP) is 4.74. The van der Waals surface area contributed by atoms with E-state index < -0.39 is 0 Å². The van der Waals surface area contributed by atoms with E-state index in [1.807, 2.05) is 49.6 Å². The maximum atomic E-state index is 12.3. The summed E-state index contributed by atoms with van der Waals surface area (Å²) in [4.78, 5) is 17.8. The minimum absolute atomic E-state index is 0.166. The molecule has 0 fully saturated rings. The van der Waals surface area contributed by atoms with Crippen molar-refractivity contribution in [2.24, 2.45) is 0 Å². The number of nitrogens with one attached hydrogen (secondary N) is 1. The number of amides is 1. The molecule has 0 saturated carbocycles. The number of nitrogens with zero attached hydrogens (tertiary/aromatic N) is 1. The van der Waals surface area contributed by atoms with Crippen LogP contribution in [0.15, 0.2) is 41.1 Å². The summed E-state index contributed by atoms with van der Waals surface area (Å²) < 4.78 is 0. The van der Waals surface area contributed by atoms with E-state index in [-0.39, 0.29) is 5.91 Å². The third kappa shape index (κ3) is 3.04. The minimum Gasteiger partial charge on any atom is -0.320 e. The molecule has 5 heteroatoms. The van der Waals surface area contributed by atoms with Crippen molar-refractivity contribution in [2.75, 3.05) is 5.32 Å². The van der Waals surface area contributed by atoms with Gasteiger partial charge in [0, 0.05) is 11.1 Å². The van der Waals surface area contributed by atoms with Gasteiger partial charge in [0.1, 0.15) is 10.7 Å². The molecule has 2 aromatic heterocycles. The Balaban J connectivity index is 1.79. The number of hydrogen-bond acceptors (Lipinski definition) is 4. The topological polar surface area (TPSA) is 42.0 Å². The van der Waals surface area contributed by atoms with E-state index in [1.165, 1.54) is 16.9 Å². The van der Waals surface area contributed by atoms with Crippen LogP contribution in [0.5, 0.6) is 0 Å². The van der Waals surface area contributed by atoms with Gasteiger partial charge in [0.15, 0.2) is 0 Å². The molecule has 0 aliphatic heterocycles. The van der Waals surface area contributed by atoms with Crippen LogP contribution in [0.1, 0.15) is 21.6 Å².